The molecular formula is C12H14Cl2N2OS. The Morgan fingerprint density at radius 1 is 1.50 bits per heavy atom. The summed E-state index contributed by atoms with van der Waals surface area (Å²) in [6.45, 7) is 3.55. The Kier molecular flexibility index (Phi) is 4.96. The molecule has 0 saturated carbocycles. The maximum absolute atomic E-state index is 12.2. The maximum atomic E-state index is 12.2. The standard InChI is InChI=1S/C12H14Cl2N2OS/c1-3-12(2,10(15)18)11(17)16-9-5-4-7(13)6-8(9)14/h4-6H,3H2,1-2H3,(H2,15,18)(H,16,17). The molecule has 18 heavy (non-hydrogen) atoms. The highest BCUT2D eigenvalue weighted by atomic mass is 35.5. The summed E-state index contributed by atoms with van der Waals surface area (Å²) in [7, 11) is 0. The summed E-state index contributed by atoms with van der Waals surface area (Å²) >= 11 is 16.7. The van der Waals surface area contributed by atoms with Crippen molar-refractivity contribution < 1.29 is 4.79 Å². The second kappa shape index (κ2) is 5.87. The van der Waals surface area contributed by atoms with Gasteiger partial charge in [-0.2, -0.15) is 0 Å². The van der Waals surface area contributed by atoms with Gasteiger partial charge in [0.25, 0.3) is 0 Å². The summed E-state index contributed by atoms with van der Waals surface area (Å²) in [5.41, 5.74) is 5.21. The number of nitrogens with one attached hydrogen (secondary N) is 1. The van der Waals surface area contributed by atoms with Crippen molar-refractivity contribution in [3.63, 3.8) is 0 Å². The van der Waals surface area contributed by atoms with Crippen LogP contribution in [0.25, 0.3) is 0 Å². The van der Waals surface area contributed by atoms with E-state index < -0.39 is 5.41 Å². The number of thiocarbonyl (C=S) groups is 1. The smallest absolute Gasteiger partial charge is 0.237 e. The SMILES string of the molecule is CCC(C)(C(=O)Nc1ccc(Cl)cc1Cl)C(N)=S. The number of hydrogen-bond acceptors (Lipinski definition) is 2. The normalized spacial score (nSPS) is 13.8. The molecule has 3 N–H and O–H groups in total. The van der Waals surface area contributed by atoms with Gasteiger partial charge >= 0.3 is 0 Å². The highest BCUT2D eigenvalue weighted by molar-refractivity contribution is 7.80. The number of carbonyl (C=O) groups excluding carboxylic acids is 1. The Bertz CT molecular complexity index is 493. The van der Waals surface area contributed by atoms with Crippen molar-refractivity contribution in [3.8, 4) is 0 Å². The molecule has 0 bridgehead atoms. The van der Waals surface area contributed by atoms with E-state index in [2.05, 4.69) is 5.32 Å². The molecule has 0 radical (unpaired) electrons. The lowest BCUT2D eigenvalue weighted by molar-refractivity contribution is -0.121. The van der Waals surface area contributed by atoms with Crippen molar-refractivity contribution in [3.05, 3.63) is 28.2 Å². The van der Waals surface area contributed by atoms with Crippen LogP contribution >= 0.6 is 35.4 Å². The molecule has 0 aliphatic rings. The van der Waals surface area contributed by atoms with E-state index in [-0.39, 0.29) is 10.9 Å². The summed E-state index contributed by atoms with van der Waals surface area (Å²) < 4.78 is 0. The summed E-state index contributed by atoms with van der Waals surface area (Å²) in [4.78, 5) is 12.3. The zero-order chi connectivity index (χ0) is 13.9. The number of anilines is 1. The number of halogens is 2. The first kappa shape index (κ1) is 15.2. The number of rotatable bonds is 4. The van der Waals surface area contributed by atoms with Gasteiger partial charge in [-0.3, -0.25) is 4.79 Å². The molecule has 0 aliphatic heterocycles. The largest absolute Gasteiger partial charge is 0.392 e. The molecule has 1 atom stereocenters. The van der Waals surface area contributed by atoms with Crippen LogP contribution < -0.4 is 11.1 Å². The lowest BCUT2D eigenvalue weighted by Crippen LogP contribution is -2.43. The van der Waals surface area contributed by atoms with Crippen LogP contribution in [0, 0.1) is 5.41 Å². The van der Waals surface area contributed by atoms with E-state index in [1.165, 1.54) is 0 Å². The zero-order valence-corrected chi connectivity index (χ0v) is 12.4. The van der Waals surface area contributed by atoms with Crippen LogP contribution in [0.3, 0.4) is 0 Å². The predicted octanol–water partition coefficient (Wildman–Crippen LogP) is 3.63. The maximum Gasteiger partial charge on any atom is 0.237 e. The van der Waals surface area contributed by atoms with Crippen LogP contribution in [0.2, 0.25) is 10.0 Å². The van der Waals surface area contributed by atoms with E-state index in [9.17, 15) is 4.79 Å². The van der Waals surface area contributed by atoms with Crippen molar-refractivity contribution in [2.75, 3.05) is 5.32 Å². The molecule has 6 heteroatoms. The molecule has 98 valence electrons. The molecule has 0 spiro atoms. The Hall–Kier alpha value is -0.840. The second-order valence-corrected chi connectivity index (χ2v) is 5.41. The first-order valence-electron chi connectivity index (χ1n) is 5.37. The summed E-state index contributed by atoms with van der Waals surface area (Å²) in [5, 5.41) is 3.59. The highest BCUT2D eigenvalue weighted by Gasteiger charge is 2.34. The van der Waals surface area contributed by atoms with Gasteiger partial charge < -0.3 is 11.1 Å². The lowest BCUT2D eigenvalue weighted by Gasteiger charge is -2.25. The van der Waals surface area contributed by atoms with E-state index >= 15 is 0 Å². The monoisotopic (exact) mass is 304 g/mol. The molecule has 3 nitrogen and oxygen atoms in total. The van der Waals surface area contributed by atoms with E-state index in [0.717, 1.165) is 0 Å². The topological polar surface area (TPSA) is 55.1 Å². The van der Waals surface area contributed by atoms with Gasteiger partial charge in [0.2, 0.25) is 5.91 Å². The van der Waals surface area contributed by atoms with Crippen LogP contribution in [0.5, 0.6) is 0 Å². The van der Waals surface area contributed by atoms with Crippen molar-refractivity contribution in [1.82, 2.24) is 0 Å². The summed E-state index contributed by atoms with van der Waals surface area (Å²) in [5.74, 6) is -0.276. The van der Waals surface area contributed by atoms with E-state index in [1.807, 2.05) is 6.92 Å². The van der Waals surface area contributed by atoms with Crippen LogP contribution in [-0.4, -0.2) is 10.9 Å². The van der Waals surface area contributed by atoms with Gasteiger partial charge in [0.1, 0.15) is 0 Å². The predicted molar refractivity (Wildman–Crippen MR) is 80.3 cm³/mol. The molecule has 0 aliphatic carbocycles. The third-order valence-corrected chi connectivity index (χ3v) is 3.93. The molecule has 1 unspecified atom stereocenters. The van der Waals surface area contributed by atoms with Gasteiger partial charge in [-0.25, -0.2) is 0 Å². The Morgan fingerprint density at radius 2 is 2.11 bits per heavy atom. The van der Waals surface area contributed by atoms with Gasteiger partial charge in [-0.05, 0) is 31.5 Å². The number of benzene rings is 1. The van der Waals surface area contributed by atoms with Gasteiger partial charge in [-0.1, -0.05) is 42.3 Å². The number of carbonyl (C=O) groups is 1. The average molecular weight is 305 g/mol. The molecule has 0 fully saturated rings. The quantitative estimate of drug-likeness (QED) is 0.835. The molecule has 1 aromatic carbocycles. The fourth-order valence-corrected chi connectivity index (χ4v) is 1.99. The third kappa shape index (κ3) is 3.13. The Labute approximate surface area is 122 Å². The van der Waals surface area contributed by atoms with Crippen molar-refractivity contribution in [1.29, 1.82) is 0 Å². The molecule has 1 amide bonds. The minimum absolute atomic E-state index is 0.160. The second-order valence-electron chi connectivity index (χ2n) is 4.13. The van der Waals surface area contributed by atoms with E-state index in [0.29, 0.717) is 22.2 Å². The molecule has 1 rings (SSSR count). The summed E-state index contributed by atoms with van der Waals surface area (Å²) in [6.07, 6.45) is 0.513. The fraction of sp³-hybridized carbons (Fsp3) is 0.333. The minimum Gasteiger partial charge on any atom is -0.392 e. The molecule has 0 saturated heterocycles. The van der Waals surface area contributed by atoms with Crippen LogP contribution in [-0.2, 0) is 4.79 Å². The Morgan fingerprint density at radius 3 is 2.56 bits per heavy atom. The van der Waals surface area contributed by atoms with Gasteiger partial charge in [0.05, 0.1) is 21.1 Å². The van der Waals surface area contributed by atoms with Crippen molar-refractivity contribution in [2.24, 2.45) is 11.1 Å². The van der Waals surface area contributed by atoms with Crippen molar-refractivity contribution in [2.45, 2.75) is 20.3 Å². The molecule has 1 aromatic rings. The first-order chi connectivity index (χ1) is 8.31. The number of amides is 1. The fourth-order valence-electron chi connectivity index (χ4n) is 1.30. The molecule has 0 aromatic heterocycles. The zero-order valence-electron chi connectivity index (χ0n) is 10.1. The van der Waals surface area contributed by atoms with Crippen LogP contribution in [0.15, 0.2) is 18.2 Å². The first-order valence-corrected chi connectivity index (χ1v) is 6.54. The van der Waals surface area contributed by atoms with Crippen LogP contribution in [0.1, 0.15) is 20.3 Å². The number of hydrogen-bond donors (Lipinski definition) is 2. The molecular weight excluding hydrogens is 291 g/mol. The highest BCUT2D eigenvalue weighted by Crippen LogP contribution is 2.29. The van der Waals surface area contributed by atoms with Gasteiger partial charge in [-0.15, -0.1) is 0 Å². The lowest BCUT2D eigenvalue weighted by atomic mass is 9.86. The average Bonchev–Trinajstić information content (AvgIpc) is 2.31. The van der Waals surface area contributed by atoms with Gasteiger partial charge in [0, 0.05) is 5.02 Å². The summed E-state index contributed by atoms with van der Waals surface area (Å²) in [6, 6.07) is 4.84. The third-order valence-electron chi connectivity index (χ3n) is 2.93. The number of nitrogens with two attached hydrogens (primary N) is 1. The van der Waals surface area contributed by atoms with E-state index in [1.54, 1.807) is 25.1 Å². The van der Waals surface area contributed by atoms with Gasteiger partial charge in [0.15, 0.2) is 0 Å². The Balaban J connectivity index is 2.97. The van der Waals surface area contributed by atoms with E-state index in [4.69, 9.17) is 41.2 Å². The molecule has 0 heterocycles. The van der Waals surface area contributed by atoms with Crippen molar-refractivity contribution >= 4 is 52.0 Å². The van der Waals surface area contributed by atoms with Crippen LogP contribution in [0.4, 0.5) is 5.69 Å². The minimum atomic E-state index is -0.891.